The fraction of sp³-hybridized carbons (Fsp3) is 0.250. The summed E-state index contributed by atoms with van der Waals surface area (Å²) in [5.74, 6) is -0.954. The quantitative estimate of drug-likeness (QED) is 0.557. The minimum Gasteiger partial charge on any atom is -0.480 e. The first-order valence-electron chi connectivity index (χ1n) is 4.50. The van der Waals surface area contributed by atoms with E-state index in [1.807, 2.05) is 0 Å². The van der Waals surface area contributed by atoms with Crippen molar-refractivity contribution in [3.05, 3.63) is 16.7 Å². The van der Waals surface area contributed by atoms with Gasteiger partial charge < -0.3 is 15.4 Å². The smallest absolute Gasteiger partial charge is 0.325 e. The summed E-state index contributed by atoms with van der Waals surface area (Å²) in [6, 6.07) is -0.848. The molecule has 4 N–H and O–H groups in total. The molecule has 0 aliphatic heterocycles. The highest BCUT2D eigenvalue weighted by Crippen LogP contribution is 2.03. The van der Waals surface area contributed by atoms with Crippen LogP contribution in [0, 0.1) is 0 Å². The van der Waals surface area contributed by atoms with Crippen molar-refractivity contribution in [1.29, 1.82) is 0 Å². The summed E-state index contributed by atoms with van der Waals surface area (Å²) in [4.78, 5) is 34.9. The van der Waals surface area contributed by atoms with Gasteiger partial charge in [-0.1, -0.05) is 0 Å². The second-order valence-corrected chi connectivity index (χ2v) is 3.22. The molecule has 8 nitrogen and oxygen atoms in total. The third kappa shape index (κ3) is 1.72. The van der Waals surface area contributed by atoms with Crippen molar-refractivity contribution in [1.82, 2.24) is 19.9 Å². The van der Waals surface area contributed by atoms with Gasteiger partial charge in [0.25, 0.3) is 5.56 Å². The molecule has 0 saturated carbocycles. The first-order chi connectivity index (χ1) is 7.58. The summed E-state index contributed by atoms with van der Waals surface area (Å²) >= 11 is 0. The summed E-state index contributed by atoms with van der Waals surface area (Å²) in [5, 5.41) is 11.2. The Kier molecular flexibility index (Phi) is 2.31. The highest BCUT2D eigenvalue weighted by Gasteiger charge is 2.12. The molecule has 0 aromatic carbocycles. The summed E-state index contributed by atoms with van der Waals surface area (Å²) in [6.07, 6.45) is 1.34. The maximum Gasteiger partial charge on any atom is 0.325 e. The number of carboxylic acids is 1. The number of imidazole rings is 1. The zero-order valence-electron chi connectivity index (χ0n) is 8.31. The lowest BCUT2D eigenvalue weighted by molar-refractivity contribution is -0.137. The first-order valence-corrected chi connectivity index (χ1v) is 4.50. The molecule has 1 atom stereocenters. The molecule has 0 aliphatic rings. The molecule has 0 spiro atoms. The zero-order chi connectivity index (χ0) is 11.7. The highest BCUT2D eigenvalue weighted by molar-refractivity contribution is 5.76. The van der Waals surface area contributed by atoms with Gasteiger partial charge in [0.1, 0.15) is 6.04 Å². The van der Waals surface area contributed by atoms with E-state index in [1.165, 1.54) is 13.3 Å². The van der Waals surface area contributed by atoms with E-state index in [0.29, 0.717) is 0 Å². The fourth-order valence-corrected chi connectivity index (χ4v) is 1.18. The average molecular weight is 223 g/mol. The number of carbonyl (C=O) groups is 1. The van der Waals surface area contributed by atoms with Crippen LogP contribution in [0.15, 0.2) is 11.1 Å². The van der Waals surface area contributed by atoms with Crippen molar-refractivity contribution in [3.63, 3.8) is 0 Å². The lowest BCUT2D eigenvalue weighted by atomic mass is 10.3. The second kappa shape index (κ2) is 3.65. The van der Waals surface area contributed by atoms with Gasteiger partial charge in [-0.05, 0) is 6.92 Å². The number of aromatic amines is 2. The van der Waals surface area contributed by atoms with Crippen LogP contribution < -0.4 is 10.9 Å². The number of anilines is 1. The highest BCUT2D eigenvalue weighted by atomic mass is 16.4. The number of carboxylic acid groups (broad SMARTS) is 1. The number of H-pyrrole nitrogens is 2. The van der Waals surface area contributed by atoms with Crippen molar-refractivity contribution < 1.29 is 9.90 Å². The predicted octanol–water partition coefficient (Wildman–Crippen LogP) is -0.469. The SMILES string of the molecule is C[C@H](Nc1nc2nc[nH]c2c(=O)[nH]1)C(=O)O. The Labute approximate surface area is 88.7 Å². The van der Waals surface area contributed by atoms with Crippen molar-refractivity contribution >= 4 is 23.1 Å². The molecule has 0 unspecified atom stereocenters. The molecule has 0 bridgehead atoms. The van der Waals surface area contributed by atoms with Gasteiger partial charge in [-0.2, -0.15) is 4.98 Å². The molecule has 2 heterocycles. The molecule has 0 saturated heterocycles. The summed E-state index contributed by atoms with van der Waals surface area (Å²) in [7, 11) is 0. The third-order valence-electron chi connectivity index (χ3n) is 2.02. The van der Waals surface area contributed by atoms with E-state index >= 15 is 0 Å². The Morgan fingerprint density at radius 1 is 1.62 bits per heavy atom. The molecule has 84 valence electrons. The van der Waals surface area contributed by atoms with Gasteiger partial charge in [0.15, 0.2) is 11.2 Å². The standard InChI is InChI=1S/C8H9N5O3/c1-3(7(15)16)11-8-12-5-4(6(14)13-8)9-2-10-5/h2-3H,1H3,(H,15,16)(H3,9,10,11,12,13,14)/t3-/m0/s1. The number of hydrogen-bond donors (Lipinski definition) is 4. The molecule has 0 radical (unpaired) electrons. The van der Waals surface area contributed by atoms with Gasteiger partial charge in [-0.25, -0.2) is 4.98 Å². The second-order valence-electron chi connectivity index (χ2n) is 3.22. The van der Waals surface area contributed by atoms with Gasteiger partial charge in [0, 0.05) is 0 Å². The average Bonchev–Trinajstić information content (AvgIpc) is 2.65. The van der Waals surface area contributed by atoms with Crippen LogP contribution in [0.2, 0.25) is 0 Å². The molecule has 16 heavy (non-hydrogen) atoms. The number of nitrogens with zero attached hydrogens (tertiary/aromatic N) is 2. The Morgan fingerprint density at radius 2 is 2.38 bits per heavy atom. The summed E-state index contributed by atoms with van der Waals surface area (Å²) in [6.45, 7) is 1.44. The Morgan fingerprint density at radius 3 is 3.06 bits per heavy atom. The number of fused-ring (bicyclic) bond motifs is 1. The normalized spacial score (nSPS) is 12.6. The number of aromatic nitrogens is 4. The number of nitrogens with one attached hydrogen (secondary N) is 3. The van der Waals surface area contributed by atoms with Crippen molar-refractivity contribution in [2.75, 3.05) is 5.32 Å². The molecule has 0 aliphatic carbocycles. The molecule has 8 heteroatoms. The maximum absolute atomic E-state index is 11.5. The monoisotopic (exact) mass is 223 g/mol. The van der Waals surface area contributed by atoms with E-state index in [9.17, 15) is 9.59 Å². The van der Waals surface area contributed by atoms with Gasteiger partial charge in [0.2, 0.25) is 5.95 Å². The number of aliphatic carboxylic acids is 1. The Hall–Kier alpha value is -2.38. The van der Waals surface area contributed by atoms with Crippen LogP contribution in [0.4, 0.5) is 5.95 Å². The first kappa shape index (κ1) is 10.1. The van der Waals surface area contributed by atoms with E-state index in [2.05, 4.69) is 25.3 Å². The van der Waals surface area contributed by atoms with E-state index < -0.39 is 17.6 Å². The van der Waals surface area contributed by atoms with Crippen LogP contribution in [0.25, 0.3) is 11.2 Å². The topological polar surface area (TPSA) is 124 Å². The van der Waals surface area contributed by atoms with E-state index in [1.54, 1.807) is 0 Å². The maximum atomic E-state index is 11.5. The van der Waals surface area contributed by atoms with Crippen molar-refractivity contribution in [3.8, 4) is 0 Å². The lowest BCUT2D eigenvalue weighted by Crippen LogP contribution is -2.27. The number of hydrogen-bond acceptors (Lipinski definition) is 5. The molecule has 2 aromatic rings. The van der Waals surface area contributed by atoms with Crippen molar-refractivity contribution in [2.45, 2.75) is 13.0 Å². The zero-order valence-corrected chi connectivity index (χ0v) is 8.31. The molecule has 2 aromatic heterocycles. The largest absolute Gasteiger partial charge is 0.480 e. The fourth-order valence-electron chi connectivity index (χ4n) is 1.18. The van der Waals surface area contributed by atoms with Crippen LogP contribution in [-0.4, -0.2) is 37.1 Å². The van der Waals surface area contributed by atoms with Gasteiger partial charge in [-0.15, -0.1) is 0 Å². The Balaban J connectivity index is 2.39. The molecule has 2 rings (SSSR count). The van der Waals surface area contributed by atoms with Gasteiger partial charge in [0.05, 0.1) is 6.33 Å². The minimum absolute atomic E-state index is 0.0829. The predicted molar refractivity (Wildman–Crippen MR) is 55.2 cm³/mol. The lowest BCUT2D eigenvalue weighted by Gasteiger charge is -2.08. The van der Waals surface area contributed by atoms with Crippen LogP contribution in [-0.2, 0) is 4.79 Å². The van der Waals surface area contributed by atoms with Crippen molar-refractivity contribution in [2.24, 2.45) is 0 Å². The third-order valence-corrected chi connectivity index (χ3v) is 2.02. The van der Waals surface area contributed by atoms with E-state index in [4.69, 9.17) is 5.11 Å². The summed E-state index contributed by atoms with van der Waals surface area (Å²) < 4.78 is 0. The molecular weight excluding hydrogens is 214 g/mol. The van der Waals surface area contributed by atoms with E-state index in [-0.39, 0.29) is 17.1 Å². The van der Waals surface area contributed by atoms with Gasteiger partial charge >= 0.3 is 5.97 Å². The molecular formula is C8H9N5O3. The number of rotatable bonds is 3. The van der Waals surface area contributed by atoms with Crippen LogP contribution in [0.5, 0.6) is 0 Å². The van der Waals surface area contributed by atoms with Crippen LogP contribution >= 0.6 is 0 Å². The van der Waals surface area contributed by atoms with Gasteiger partial charge in [-0.3, -0.25) is 14.6 Å². The van der Waals surface area contributed by atoms with E-state index in [0.717, 1.165) is 0 Å². The molecule has 0 fully saturated rings. The Bertz CT molecular complexity index is 587. The van der Waals surface area contributed by atoms with Crippen LogP contribution in [0.1, 0.15) is 6.92 Å². The molecule has 0 amide bonds. The summed E-state index contributed by atoms with van der Waals surface area (Å²) in [5.41, 5.74) is 0.0972. The minimum atomic E-state index is -1.04. The van der Waals surface area contributed by atoms with Crippen LogP contribution in [0.3, 0.4) is 0 Å².